The molecule has 3 aliphatic carbocycles. The summed E-state index contributed by atoms with van der Waals surface area (Å²) >= 11 is 0. The molecule has 2 aromatic rings. The summed E-state index contributed by atoms with van der Waals surface area (Å²) in [4.78, 5) is 54.8. The summed E-state index contributed by atoms with van der Waals surface area (Å²) in [5.74, 6) is -2.18. The first kappa shape index (κ1) is 22.6. The van der Waals surface area contributed by atoms with Gasteiger partial charge in [0.1, 0.15) is 18.1 Å². The lowest BCUT2D eigenvalue weighted by molar-refractivity contribution is -0.140. The summed E-state index contributed by atoms with van der Waals surface area (Å²) < 4.78 is 5.88. The van der Waals surface area contributed by atoms with Crippen LogP contribution in [0.25, 0.3) is 0 Å². The van der Waals surface area contributed by atoms with Gasteiger partial charge in [0.2, 0.25) is 11.8 Å². The SMILES string of the molecule is CC1=CC(=O)C2=C(C1=O)C(c1ccc(CO)o1)C1=CCC3C(=O)N(Cc4ccccc4)C(=O)C3C1C2. The zero-order valence-corrected chi connectivity index (χ0v) is 19.8. The number of Topliss-reactive ketones (excluding diaryl/α,β-unsaturated/α-hetero) is 1. The number of benzene rings is 1. The lowest BCUT2D eigenvalue weighted by atomic mass is 9.60. The third-order valence-corrected chi connectivity index (χ3v) is 7.96. The Hall–Kier alpha value is -3.84. The highest BCUT2D eigenvalue weighted by Gasteiger charge is 2.56. The quantitative estimate of drug-likeness (QED) is 0.406. The van der Waals surface area contributed by atoms with Crippen molar-refractivity contribution in [1.82, 2.24) is 4.90 Å². The fraction of sp³-hybridized carbons (Fsp3) is 0.310. The highest BCUT2D eigenvalue weighted by molar-refractivity contribution is 6.23. The molecule has 1 fully saturated rings. The molecule has 1 aromatic heterocycles. The first-order valence-electron chi connectivity index (χ1n) is 12.2. The third-order valence-electron chi connectivity index (χ3n) is 7.96. The minimum Gasteiger partial charge on any atom is -0.463 e. The van der Waals surface area contributed by atoms with Gasteiger partial charge in [-0.1, -0.05) is 42.0 Å². The topological polar surface area (TPSA) is 105 Å². The number of nitrogens with zero attached hydrogens (tertiary/aromatic N) is 1. The van der Waals surface area contributed by atoms with E-state index in [4.69, 9.17) is 4.42 Å². The fourth-order valence-corrected chi connectivity index (χ4v) is 6.31. The van der Waals surface area contributed by atoms with Gasteiger partial charge in [0.25, 0.3) is 0 Å². The first-order chi connectivity index (χ1) is 17.4. The van der Waals surface area contributed by atoms with Crippen LogP contribution in [0, 0.1) is 17.8 Å². The highest BCUT2D eigenvalue weighted by Crippen LogP contribution is 2.55. The number of allylic oxidation sites excluding steroid dienone is 6. The van der Waals surface area contributed by atoms with Crippen LogP contribution in [-0.4, -0.2) is 33.4 Å². The molecule has 0 saturated carbocycles. The fourth-order valence-electron chi connectivity index (χ4n) is 6.31. The van der Waals surface area contributed by atoms with E-state index in [9.17, 15) is 24.3 Å². The number of carbonyl (C=O) groups excluding carboxylic acids is 4. The molecule has 1 aliphatic heterocycles. The molecule has 36 heavy (non-hydrogen) atoms. The van der Waals surface area contributed by atoms with Crippen LogP contribution < -0.4 is 0 Å². The number of hydrogen-bond acceptors (Lipinski definition) is 6. The van der Waals surface area contributed by atoms with E-state index in [2.05, 4.69) is 0 Å². The van der Waals surface area contributed by atoms with E-state index in [1.54, 1.807) is 19.1 Å². The van der Waals surface area contributed by atoms with Crippen molar-refractivity contribution in [2.75, 3.05) is 0 Å². The van der Waals surface area contributed by atoms with Crippen LogP contribution in [0.2, 0.25) is 0 Å². The number of carbonyl (C=O) groups is 4. The standard InChI is InChI=1S/C29H25NO6/c1-15-11-22(32)21-12-20-18(25(26(21)27(15)33)23-10-7-17(14-31)36-23)8-9-19-24(20)29(35)30(28(19)34)13-16-5-3-2-4-6-16/h2-8,10-11,19-20,24-25,31H,9,12-14H2,1H3. The van der Waals surface area contributed by atoms with Crippen molar-refractivity contribution < 1.29 is 28.7 Å². The summed E-state index contributed by atoms with van der Waals surface area (Å²) in [5, 5.41) is 9.55. The molecule has 2 heterocycles. The molecular weight excluding hydrogens is 458 g/mol. The molecule has 7 heteroatoms. The number of rotatable bonds is 4. The van der Waals surface area contributed by atoms with Gasteiger partial charge >= 0.3 is 0 Å². The van der Waals surface area contributed by atoms with Crippen molar-refractivity contribution >= 4 is 23.4 Å². The van der Waals surface area contributed by atoms with Crippen LogP contribution in [-0.2, 0) is 32.3 Å². The van der Waals surface area contributed by atoms with Crippen LogP contribution in [0.5, 0.6) is 0 Å². The van der Waals surface area contributed by atoms with Crippen LogP contribution >= 0.6 is 0 Å². The number of hydrogen-bond donors (Lipinski definition) is 1. The van der Waals surface area contributed by atoms with Crippen molar-refractivity contribution in [1.29, 1.82) is 0 Å². The smallest absolute Gasteiger partial charge is 0.234 e. The molecule has 2 amide bonds. The summed E-state index contributed by atoms with van der Waals surface area (Å²) in [5.41, 5.74) is 2.86. The van der Waals surface area contributed by atoms with Gasteiger partial charge in [0.05, 0.1) is 24.3 Å². The molecule has 7 nitrogen and oxygen atoms in total. The zero-order chi connectivity index (χ0) is 25.1. The van der Waals surface area contributed by atoms with Crippen LogP contribution in [0.3, 0.4) is 0 Å². The number of aliphatic hydroxyl groups is 1. The van der Waals surface area contributed by atoms with Crippen molar-refractivity contribution in [3.63, 3.8) is 0 Å². The van der Waals surface area contributed by atoms with Crippen molar-refractivity contribution in [3.8, 4) is 0 Å². The Morgan fingerprint density at radius 3 is 2.50 bits per heavy atom. The van der Waals surface area contributed by atoms with Gasteiger partial charge in [-0.05, 0) is 49.5 Å². The van der Waals surface area contributed by atoms with Crippen molar-refractivity contribution in [2.45, 2.75) is 38.8 Å². The predicted molar refractivity (Wildman–Crippen MR) is 128 cm³/mol. The summed E-state index contributed by atoms with van der Waals surface area (Å²) in [7, 11) is 0. The molecule has 1 aromatic carbocycles. The molecule has 1 saturated heterocycles. The van der Waals surface area contributed by atoms with Gasteiger partial charge < -0.3 is 9.52 Å². The Morgan fingerprint density at radius 1 is 1.00 bits per heavy atom. The molecule has 4 aliphatic rings. The van der Waals surface area contributed by atoms with Gasteiger partial charge in [0.15, 0.2) is 11.6 Å². The minimum atomic E-state index is -0.633. The Labute approximate surface area is 207 Å². The number of ketones is 2. The number of fused-ring (bicyclic) bond motifs is 3. The molecule has 0 bridgehead atoms. The lowest BCUT2D eigenvalue weighted by Crippen LogP contribution is -2.39. The normalized spacial score (nSPS) is 27.6. The maximum Gasteiger partial charge on any atom is 0.234 e. The maximum absolute atomic E-state index is 13.7. The number of amides is 2. The van der Waals surface area contributed by atoms with Crippen molar-refractivity contribution in [2.24, 2.45) is 17.8 Å². The van der Waals surface area contributed by atoms with E-state index in [0.29, 0.717) is 34.7 Å². The Kier molecular flexibility index (Phi) is 5.26. The minimum absolute atomic E-state index is 0.192. The third kappa shape index (κ3) is 3.30. The number of aliphatic hydroxyl groups excluding tert-OH is 1. The van der Waals surface area contributed by atoms with Crippen LogP contribution in [0.1, 0.15) is 42.8 Å². The number of imide groups is 1. The lowest BCUT2D eigenvalue weighted by Gasteiger charge is -2.41. The summed E-state index contributed by atoms with van der Waals surface area (Å²) in [6, 6.07) is 12.8. The second kappa shape index (κ2) is 8.38. The van der Waals surface area contributed by atoms with Gasteiger partial charge in [-0.25, -0.2) is 0 Å². The first-order valence-corrected chi connectivity index (χ1v) is 12.2. The average Bonchev–Trinajstić information content (AvgIpc) is 3.46. The van der Waals surface area contributed by atoms with E-state index < -0.39 is 23.7 Å². The van der Waals surface area contributed by atoms with E-state index in [1.807, 2.05) is 36.4 Å². The molecule has 0 spiro atoms. The number of furan rings is 1. The summed E-state index contributed by atoms with van der Waals surface area (Å²) in [6.45, 7) is 1.54. The van der Waals surface area contributed by atoms with Gasteiger partial charge in [-0.2, -0.15) is 0 Å². The Morgan fingerprint density at radius 2 is 1.78 bits per heavy atom. The molecular formula is C29H25NO6. The molecule has 182 valence electrons. The molecule has 4 unspecified atom stereocenters. The molecule has 4 atom stereocenters. The second-order valence-electron chi connectivity index (χ2n) is 9.94. The van der Waals surface area contributed by atoms with Gasteiger partial charge in [0, 0.05) is 16.7 Å². The van der Waals surface area contributed by atoms with E-state index in [-0.39, 0.29) is 43.0 Å². The zero-order valence-electron chi connectivity index (χ0n) is 19.8. The van der Waals surface area contributed by atoms with E-state index >= 15 is 0 Å². The molecule has 0 radical (unpaired) electrons. The predicted octanol–water partition coefficient (Wildman–Crippen LogP) is 3.40. The Balaban J connectivity index is 1.43. The average molecular weight is 484 g/mol. The largest absolute Gasteiger partial charge is 0.463 e. The van der Waals surface area contributed by atoms with Crippen LogP contribution in [0.15, 0.2) is 81.3 Å². The van der Waals surface area contributed by atoms with Gasteiger partial charge in [-0.15, -0.1) is 0 Å². The van der Waals surface area contributed by atoms with Crippen molar-refractivity contribution in [3.05, 3.63) is 94.0 Å². The van der Waals surface area contributed by atoms with Gasteiger partial charge in [-0.3, -0.25) is 24.1 Å². The second-order valence-corrected chi connectivity index (χ2v) is 9.94. The Bertz CT molecular complexity index is 1410. The molecule has 1 N–H and O–H groups in total. The monoisotopic (exact) mass is 483 g/mol. The van der Waals surface area contributed by atoms with E-state index in [0.717, 1.165) is 11.1 Å². The number of likely N-dealkylation sites (tertiary alicyclic amines) is 1. The highest BCUT2D eigenvalue weighted by atomic mass is 16.4. The molecule has 6 rings (SSSR count). The summed E-state index contributed by atoms with van der Waals surface area (Å²) in [6.07, 6.45) is 3.94. The van der Waals surface area contributed by atoms with E-state index in [1.165, 1.54) is 11.0 Å². The maximum atomic E-state index is 13.7. The van der Waals surface area contributed by atoms with Crippen LogP contribution in [0.4, 0.5) is 0 Å².